The van der Waals surface area contributed by atoms with Crippen molar-refractivity contribution < 1.29 is 14.6 Å². The summed E-state index contributed by atoms with van der Waals surface area (Å²) >= 11 is 1.28. The van der Waals surface area contributed by atoms with Crippen LogP contribution in [0.1, 0.15) is 73.1 Å². The lowest BCUT2D eigenvalue weighted by atomic mass is 9.93. The fraction of sp³-hybridized carbons (Fsp3) is 0.800. The molecule has 1 rings (SSSR count). The van der Waals surface area contributed by atoms with Crippen molar-refractivity contribution in [2.45, 2.75) is 84.8 Å². The van der Waals surface area contributed by atoms with Crippen molar-refractivity contribution in [3.05, 3.63) is 6.20 Å². The van der Waals surface area contributed by atoms with Crippen molar-refractivity contribution in [3.8, 4) is 5.19 Å². The van der Waals surface area contributed by atoms with Crippen LogP contribution in [0.5, 0.6) is 5.19 Å². The van der Waals surface area contributed by atoms with E-state index in [1.54, 1.807) is 6.20 Å². The third kappa shape index (κ3) is 11.3. The van der Waals surface area contributed by atoms with E-state index in [1.807, 2.05) is 20.8 Å². The van der Waals surface area contributed by atoms with E-state index >= 15 is 0 Å². The number of ether oxygens (including phenoxy) is 1. The zero-order valence-corrected chi connectivity index (χ0v) is 18.3. The molecule has 3 N–H and O–H groups in total. The number of thiazole rings is 1. The van der Waals surface area contributed by atoms with Crippen LogP contribution in [0.25, 0.3) is 0 Å². The van der Waals surface area contributed by atoms with Crippen LogP contribution in [0.15, 0.2) is 6.20 Å². The highest BCUT2D eigenvalue weighted by Gasteiger charge is 2.14. The Morgan fingerprint density at radius 1 is 1.26 bits per heavy atom. The lowest BCUT2D eigenvalue weighted by Gasteiger charge is -2.22. The smallest absolute Gasteiger partial charge is 0.275 e. The number of hydrogen-bond donors (Lipinski definition) is 3. The van der Waals surface area contributed by atoms with Crippen LogP contribution >= 0.6 is 11.3 Å². The second-order valence-corrected chi connectivity index (χ2v) is 9.11. The predicted octanol–water partition coefficient (Wildman–Crippen LogP) is 4.21. The van der Waals surface area contributed by atoms with Gasteiger partial charge in [-0.3, -0.25) is 4.79 Å². The fourth-order valence-corrected chi connectivity index (χ4v) is 3.51. The molecule has 0 aromatic carbocycles. The third-order valence-corrected chi connectivity index (χ3v) is 5.01. The van der Waals surface area contributed by atoms with E-state index in [0.29, 0.717) is 29.1 Å². The number of anilines is 1. The Balaban J connectivity index is 2.33. The van der Waals surface area contributed by atoms with Crippen LogP contribution in [0.3, 0.4) is 0 Å². The van der Waals surface area contributed by atoms with E-state index in [1.165, 1.54) is 37.0 Å². The van der Waals surface area contributed by atoms with Gasteiger partial charge in [-0.25, -0.2) is 4.98 Å². The molecule has 0 aliphatic rings. The topological polar surface area (TPSA) is 83.5 Å². The summed E-state index contributed by atoms with van der Waals surface area (Å²) in [4.78, 5) is 16.3. The molecule has 1 amide bonds. The summed E-state index contributed by atoms with van der Waals surface area (Å²) in [7, 11) is 0. The summed E-state index contributed by atoms with van der Waals surface area (Å²) in [6, 6.07) is 0. The number of rotatable bonds is 13. The highest BCUT2D eigenvalue weighted by molar-refractivity contribution is 7.17. The molecule has 0 bridgehead atoms. The molecule has 0 saturated carbocycles. The van der Waals surface area contributed by atoms with Crippen LogP contribution in [0.4, 0.5) is 5.00 Å². The van der Waals surface area contributed by atoms with Gasteiger partial charge in [0.25, 0.3) is 5.19 Å². The molecule has 1 unspecified atom stereocenters. The lowest BCUT2D eigenvalue weighted by Crippen LogP contribution is -2.42. The minimum atomic E-state index is -0.611. The SMILES string of the molecule is CCCC(CCC)CCC(=O)Nc1cnc(OCC(O)CNC(C)(C)C)s1. The van der Waals surface area contributed by atoms with Gasteiger partial charge in [-0.05, 0) is 33.1 Å². The Hall–Kier alpha value is -1.18. The molecule has 7 heteroatoms. The summed E-state index contributed by atoms with van der Waals surface area (Å²) in [5.74, 6) is 0.658. The molecule has 0 aliphatic carbocycles. The number of aliphatic hydroxyl groups excluding tert-OH is 1. The molecule has 0 aliphatic heterocycles. The number of hydrogen-bond acceptors (Lipinski definition) is 6. The summed E-state index contributed by atoms with van der Waals surface area (Å²) in [5.41, 5.74) is -0.0487. The highest BCUT2D eigenvalue weighted by Crippen LogP contribution is 2.26. The van der Waals surface area contributed by atoms with Gasteiger partial charge in [0.1, 0.15) is 17.7 Å². The molecule has 1 aromatic rings. The van der Waals surface area contributed by atoms with Crippen molar-refractivity contribution >= 4 is 22.2 Å². The maximum absolute atomic E-state index is 12.2. The monoisotopic (exact) mass is 399 g/mol. The minimum Gasteiger partial charge on any atom is -0.467 e. The summed E-state index contributed by atoms with van der Waals surface area (Å²) in [6.45, 7) is 11.1. The number of nitrogens with one attached hydrogen (secondary N) is 2. The average molecular weight is 400 g/mol. The van der Waals surface area contributed by atoms with Crippen LogP contribution in [-0.2, 0) is 4.79 Å². The number of amides is 1. The average Bonchev–Trinajstić information content (AvgIpc) is 3.03. The zero-order chi connectivity index (χ0) is 20.3. The van der Waals surface area contributed by atoms with Gasteiger partial charge in [-0.15, -0.1) is 0 Å². The van der Waals surface area contributed by atoms with E-state index < -0.39 is 6.10 Å². The van der Waals surface area contributed by atoms with E-state index in [4.69, 9.17) is 4.74 Å². The Morgan fingerprint density at radius 3 is 2.52 bits per heavy atom. The molecule has 1 aromatic heterocycles. The van der Waals surface area contributed by atoms with Crippen molar-refractivity contribution in [2.24, 2.45) is 5.92 Å². The van der Waals surface area contributed by atoms with Crippen molar-refractivity contribution in [2.75, 3.05) is 18.5 Å². The standard InChI is InChI=1S/C20H37N3O3S/c1-6-8-15(9-7-2)10-11-17(25)23-18-13-21-19(27-18)26-14-16(24)12-22-20(3,4)5/h13,15-16,22,24H,6-12,14H2,1-5H3,(H,23,25). The van der Waals surface area contributed by atoms with Gasteiger partial charge >= 0.3 is 0 Å². The molecule has 0 radical (unpaired) electrons. The first kappa shape index (κ1) is 23.9. The Morgan fingerprint density at radius 2 is 1.93 bits per heavy atom. The number of nitrogens with zero attached hydrogens (tertiary/aromatic N) is 1. The second kappa shape index (κ2) is 12.3. The van der Waals surface area contributed by atoms with E-state index in [2.05, 4.69) is 29.5 Å². The minimum absolute atomic E-state index is 0.0248. The molecule has 1 atom stereocenters. The molecule has 6 nitrogen and oxygen atoms in total. The summed E-state index contributed by atoms with van der Waals surface area (Å²) in [5, 5.41) is 17.2. The number of carbonyl (C=O) groups is 1. The first-order valence-electron chi connectivity index (χ1n) is 10.0. The van der Waals surface area contributed by atoms with Gasteiger partial charge < -0.3 is 20.5 Å². The van der Waals surface area contributed by atoms with Gasteiger partial charge in [-0.2, -0.15) is 0 Å². The first-order valence-corrected chi connectivity index (χ1v) is 10.9. The molecule has 156 valence electrons. The van der Waals surface area contributed by atoms with Crippen molar-refractivity contribution in [1.29, 1.82) is 0 Å². The summed E-state index contributed by atoms with van der Waals surface area (Å²) in [6.07, 6.45) is 7.17. The molecule has 0 saturated heterocycles. The highest BCUT2D eigenvalue weighted by atomic mass is 32.1. The Bertz CT molecular complexity index is 537. The van der Waals surface area contributed by atoms with Gasteiger partial charge in [0.2, 0.25) is 5.91 Å². The lowest BCUT2D eigenvalue weighted by molar-refractivity contribution is -0.116. The van der Waals surface area contributed by atoms with Crippen molar-refractivity contribution in [1.82, 2.24) is 10.3 Å². The molecule has 0 fully saturated rings. The summed E-state index contributed by atoms with van der Waals surface area (Å²) < 4.78 is 5.52. The van der Waals surface area contributed by atoms with Crippen molar-refractivity contribution in [3.63, 3.8) is 0 Å². The van der Waals surface area contributed by atoms with E-state index in [9.17, 15) is 9.90 Å². The third-order valence-electron chi connectivity index (χ3n) is 4.19. The molecular formula is C20H37N3O3S. The Labute approximate surface area is 168 Å². The van der Waals surface area contributed by atoms with Gasteiger partial charge in [0.05, 0.1) is 6.20 Å². The number of carbonyl (C=O) groups excluding carboxylic acids is 1. The normalized spacial score (nSPS) is 13.0. The van der Waals surface area contributed by atoms with E-state index in [0.717, 1.165) is 6.42 Å². The quantitative estimate of drug-likeness (QED) is 0.463. The zero-order valence-electron chi connectivity index (χ0n) is 17.5. The Kier molecular flexibility index (Phi) is 10.9. The van der Waals surface area contributed by atoms with Gasteiger partial charge in [0.15, 0.2) is 0 Å². The fourth-order valence-electron chi connectivity index (χ4n) is 2.82. The van der Waals surface area contributed by atoms with Crippen LogP contribution in [0.2, 0.25) is 0 Å². The van der Waals surface area contributed by atoms with E-state index in [-0.39, 0.29) is 18.1 Å². The largest absolute Gasteiger partial charge is 0.467 e. The number of aromatic nitrogens is 1. The maximum Gasteiger partial charge on any atom is 0.275 e. The van der Waals surface area contributed by atoms with Crippen LogP contribution < -0.4 is 15.4 Å². The molecular weight excluding hydrogens is 362 g/mol. The van der Waals surface area contributed by atoms with Crippen LogP contribution in [-0.4, -0.2) is 40.8 Å². The molecule has 0 spiro atoms. The maximum atomic E-state index is 12.2. The predicted molar refractivity (Wildman–Crippen MR) is 113 cm³/mol. The molecule has 1 heterocycles. The number of aliphatic hydroxyl groups is 1. The van der Waals surface area contributed by atoms with Crippen LogP contribution in [0, 0.1) is 5.92 Å². The number of β-amino-alcohol motifs (C(OH)–C–C–N with tert-alkyl or cyclic N) is 1. The molecule has 27 heavy (non-hydrogen) atoms. The first-order chi connectivity index (χ1) is 12.7. The van der Waals surface area contributed by atoms with Gasteiger partial charge in [0, 0.05) is 18.5 Å². The second-order valence-electron chi connectivity index (χ2n) is 8.12. The van der Waals surface area contributed by atoms with Gasteiger partial charge in [-0.1, -0.05) is 50.9 Å².